The molecule has 0 radical (unpaired) electrons. The van der Waals surface area contributed by atoms with Crippen LogP contribution >= 0.6 is 23.2 Å². The van der Waals surface area contributed by atoms with Gasteiger partial charge < -0.3 is 14.3 Å². The molecular formula is C17H16Cl2N2O3. The zero-order chi connectivity index (χ0) is 17.9. The second-order valence-electron chi connectivity index (χ2n) is 5.23. The Morgan fingerprint density at radius 1 is 1.33 bits per heavy atom. The van der Waals surface area contributed by atoms with Crippen LogP contribution in [0.3, 0.4) is 0 Å². The van der Waals surface area contributed by atoms with Gasteiger partial charge in [0.2, 0.25) is 0 Å². The Labute approximate surface area is 150 Å². The van der Waals surface area contributed by atoms with Gasteiger partial charge in [-0.2, -0.15) is 0 Å². The van der Waals surface area contributed by atoms with Crippen molar-refractivity contribution in [1.29, 1.82) is 0 Å². The first-order valence-corrected chi connectivity index (χ1v) is 7.87. The van der Waals surface area contributed by atoms with Gasteiger partial charge in [-0.3, -0.25) is 4.99 Å². The highest BCUT2D eigenvalue weighted by Gasteiger charge is 2.44. The van der Waals surface area contributed by atoms with Crippen molar-refractivity contribution in [2.75, 3.05) is 20.8 Å². The smallest absolute Gasteiger partial charge is 0.336 e. The number of rotatable bonds is 4. The maximum atomic E-state index is 12.4. The Morgan fingerprint density at radius 2 is 1.96 bits per heavy atom. The van der Waals surface area contributed by atoms with Crippen LogP contribution in [0, 0.1) is 6.57 Å². The molecule has 1 heterocycles. The van der Waals surface area contributed by atoms with Crippen LogP contribution < -0.4 is 0 Å². The number of hydrogen-bond donors (Lipinski definition) is 0. The number of halogens is 2. The third-order valence-corrected chi connectivity index (χ3v) is 4.47. The first-order chi connectivity index (χ1) is 11.5. The lowest BCUT2D eigenvalue weighted by molar-refractivity contribution is -0.136. The van der Waals surface area contributed by atoms with E-state index in [9.17, 15) is 4.79 Å². The highest BCUT2D eigenvalue weighted by atomic mass is 35.5. The molecule has 0 aliphatic carbocycles. The topological polar surface area (TPSA) is 52.2 Å². The fraction of sp³-hybridized carbons (Fsp3) is 0.353. The molecule has 0 saturated heterocycles. The molecule has 24 heavy (non-hydrogen) atoms. The van der Waals surface area contributed by atoms with Gasteiger partial charge in [0, 0.05) is 22.7 Å². The summed E-state index contributed by atoms with van der Waals surface area (Å²) in [5, 5.41) is 0.767. The van der Waals surface area contributed by atoms with Crippen molar-refractivity contribution >= 4 is 34.9 Å². The summed E-state index contributed by atoms with van der Waals surface area (Å²) < 4.78 is 10.1. The lowest BCUT2D eigenvalue weighted by atomic mass is 9.80. The summed E-state index contributed by atoms with van der Waals surface area (Å²) in [6.45, 7) is 9.41. The van der Waals surface area contributed by atoms with E-state index in [1.807, 2.05) is 0 Å². The number of methoxy groups -OCH3 is 2. The molecule has 1 aliphatic rings. The Hall–Kier alpha value is -1.87. The molecule has 0 amide bonds. The molecule has 0 saturated carbocycles. The predicted molar refractivity (Wildman–Crippen MR) is 93.6 cm³/mol. The van der Waals surface area contributed by atoms with Gasteiger partial charge in [-0.15, -0.1) is 0 Å². The summed E-state index contributed by atoms with van der Waals surface area (Å²) in [5.41, 5.74) is 1.76. The van der Waals surface area contributed by atoms with Crippen molar-refractivity contribution in [3.05, 3.63) is 56.5 Å². The van der Waals surface area contributed by atoms with Gasteiger partial charge in [0.25, 0.3) is 6.04 Å². The Bertz CT molecular complexity index is 745. The number of carbonyl (C=O) groups excluding carboxylic acids is 1. The molecule has 2 unspecified atom stereocenters. The number of hydrogen-bond acceptors (Lipinski definition) is 4. The fourth-order valence-corrected chi connectivity index (χ4v) is 3.43. The van der Waals surface area contributed by atoms with Gasteiger partial charge in [0.05, 0.1) is 30.7 Å². The van der Waals surface area contributed by atoms with Gasteiger partial charge in [-0.1, -0.05) is 29.3 Å². The van der Waals surface area contributed by atoms with Crippen molar-refractivity contribution in [1.82, 2.24) is 0 Å². The Morgan fingerprint density at radius 3 is 2.46 bits per heavy atom. The quantitative estimate of drug-likeness (QED) is 0.599. The first-order valence-electron chi connectivity index (χ1n) is 7.12. The normalized spacial score (nSPS) is 20.4. The maximum Gasteiger partial charge on any atom is 0.336 e. The second-order valence-corrected chi connectivity index (χ2v) is 6.04. The minimum absolute atomic E-state index is 0.116. The standard InChI is InChI=1S/C17H16Cl2N2O3/c1-9-16(20-2)15(13-10(18)6-5-7-11(13)19)14(17(22)24-4)12(21-9)8-23-3/h5-7,15-16H,8H2,1,3-4H3. The molecule has 0 N–H and O–H groups in total. The van der Waals surface area contributed by atoms with Crippen LogP contribution in [0.1, 0.15) is 18.4 Å². The molecular weight excluding hydrogens is 351 g/mol. The number of esters is 1. The molecule has 0 bridgehead atoms. The largest absolute Gasteiger partial charge is 0.466 e. The van der Waals surface area contributed by atoms with Crippen molar-refractivity contribution < 1.29 is 14.3 Å². The summed E-state index contributed by atoms with van der Waals surface area (Å²) >= 11 is 12.7. The number of carbonyl (C=O) groups is 1. The highest BCUT2D eigenvalue weighted by Crippen LogP contribution is 2.43. The molecule has 0 aromatic heterocycles. The first kappa shape index (κ1) is 18.5. The van der Waals surface area contributed by atoms with E-state index in [2.05, 4.69) is 9.84 Å². The van der Waals surface area contributed by atoms with E-state index >= 15 is 0 Å². The van der Waals surface area contributed by atoms with Crippen LogP contribution in [0.2, 0.25) is 10.0 Å². The molecule has 5 nitrogen and oxygen atoms in total. The summed E-state index contributed by atoms with van der Waals surface area (Å²) in [6.07, 6.45) is 0. The van der Waals surface area contributed by atoms with Crippen molar-refractivity contribution in [2.24, 2.45) is 4.99 Å². The van der Waals surface area contributed by atoms with Crippen LogP contribution in [0.15, 0.2) is 34.5 Å². The number of aliphatic imine (C=N–C) groups is 1. The Balaban J connectivity index is 2.78. The lowest BCUT2D eigenvalue weighted by Crippen LogP contribution is -2.33. The monoisotopic (exact) mass is 366 g/mol. The molecule has 2 rings (SSSR count). The summed E-state index contributed by atoms with van der Waals surface area (Å²) in [4.78, 5) is 20.5. The zero-order valence-electron chi connectivity index (χ0n) is 13.5. The molecule has 7 heteroatoms. The molecule has 0 fully saturated rings. The van der Waals surface area contributed by atoms with E-state index < -0.39 is 17.9 Å². The third-order valence-electron chi connectivity index (χ3n) is 3.81. The zero-order valence-corrected chi connectivity index (χ0v) is 15.0. The summed E-state index contributed by atoms with van der Waals surface area (Å²) in [7, 11) is 2.79. The van der Waals surface area contributed by atoms with Gasteiger partial charge in [-0.25, -0.2) is 11.4 Å². The minimum Gasteiger partial charge on any atom is -0.466 e. The molecule has 126 valence electrons. The van der Waals surface area contributed by atoms with Crippen LogP contribution in [-0.4, -0.2) is 38.5 Å². The van der Waals surface area contributed by atoms with E-state index in [4.69, 9.17) is 39.2 Å². The van der Waals surface area contributed by atoms with Crippen LogP contribution in [0.5, 0.6) is 0 Å². The summed E-state index contributed by atoms with van der Waals surface area (Å²) in [6, 6.07) is 4.37. The van der Waals surface area contributed by atoms with Crippen LogP contribution in [0.25, 0.3) is 4.85 Å². The molecule has 1 aromatic carbocycles. The van der Waals surface area contributed by atoms with Gasteiger partial charge in [0.1, 0.15) is 5.92 Å². The average molecular weight is 367 g/mol. The van der Waals surface area contributed by atoms with Crippen molar-refractivity contribution in [2.45, 2.75) is 18.9 Å². The van der Waals surface area contributed by atoms with E-state index in [0.29, 0.717) is 27.0 Å². The van der Waals surface area contributed by atoms with Gasteiger partial charge in [0.15, 0.2) is 0 Å². The third kappa shape index (κ3) is 3.32. The predicted octanol–water partition coefficient (Wildman–Crippen LogP) is 3.91. The molecule has 0 spiro atoms. The fourth-order valence-electron chi connectivity index (χ4n) is 2.80. The van der Waals surface area contributed by atoms with E-state index in [1.54, 1.807) is 25.1 Å². The number of benzene rings is 1. The minimum atomic E-state index is -0.697. The van der Waals surface area contributed by atoms with Crippen LogP contribution in [0.4, 0.5) is 0 Å². The highest BCUT2D eigenvalue weighted by molar-refractivity contribution is 6.36. The molecule has 2 atom stereocenters. The van der Waals surface area contributed by atoms with Crippen molar-refractivity contribution in [3.8, 4) is 0 Å². The van der Waals surface area contributed by atoms with Crippen LogP contribution in [-0.2, 0) is 14.3 Å². The van der Waals surface area contributed by atoms with Gasteiger partial charge in [-0.05, 0) is 19.1 Å². The lowest BCUT2D eigenvalue weighted by Gasteiger charge is -2.27. The SMILES string of the molecule is [C-]#[N+]C1C(C)=NC(COC)=C(C(=O)OC)C1c1c(Cl)cccc1Cl. The Kier molecular flexibility index (Phi) is 6.00. The average Bonchev–Trinajstić information content (AvgIpc) is 2.54. The maximum absolute atomic E-state index is 12.4. The van der Waals surface area contributed by atoms with E-state index in [-0.39, 0.29) is 12.2 Å². The second kappa shape index (κ2) is 7.80. The number of ether oxygens (including phenoxy) is 2. The molecule has 1 aromatic rings. The summed E-state index contributed by atoms with van der Waals surface area (Å²) in [5.74, 6) is -1.24. The van der Waals surface area contributed by atoms with E-state index in [0.717, 1.165) is 0 Å². The van der Waals surface area contributed by atoms with Crippen molar-refractivity contribution in [3.63, 3.8) is 0 Å². The molecule has 1 aliphatic heterocycles. The number of nitrogens with zero attached hydrogens (tertiary/aromatic N) is 2. The van der Waals surface area contributed by atoms with Gasteiger partial charge >= 0.3 is 5.97 Å². The van der Waals surface area contributed by atoms with E-state index in [1.165, 1.54) is 14.2 Å².